The highest BCUT2D eigenvalue weighted by Crippen LogP contribution is 2.27. The summed E-state index contributed by atoms with van der Waals surface area (Å²) < 4.78 is 5.70. The number of amides is 2. The molecule has 144 valence electrons. The van der Waals surface area contributed by atoms with Gasteiger partial charge >= 0.3 is 0 Å². The largest absolute Gasteiger partial charge is 0.451 e. The van der Waals surface area contributed by atoms with E-state index in [2.05, 4.69) is 5.32 Å². The fourth-order valence-electron chi connectivity index (χ4n) is 4.39. The van der Waals surface area contributed by atoms with Crippen molar-refractivity contribution in [3.05, 3.63) is 36.1 Å². The summed E-state index contributed by atoms with van der Waals surface area (Å²) in [6.45, 7) is 2.18. The summed E-state index contributed by atoms with van der Waals surface area (Å²) in [4.78, 5) is 26.7. The molecule has 1 N–H and O–H groups in total. The standard InChI is InChI=1S/C22H28N2O3/c25-21(13-16-5-1-2-6-16)23-15-17-9-11-24(12-10-17)22(26)20-14-18-7-3-4-8-19(18)27-20/h3-4,7-8,14,16-17H,1-2,5-6,9-13,15H2,(H,23,25). The number of hydrogen-bond acceptors (Lipinski definition) is 3. The van der Waals surface area contributed by atoms with Crippen molar-refractivity contribution in [1.29, 1.82) is 0 Å². The van der Waals surface area contributed by atoms with E-state index in [4.69, 9.17) is 4.42 Å². The molecule has 5 heteroatoms. The van der Waals surface area contributed by atoms with E-state index < -0.39 is 0 Å². The van der Waals surface area contributed by atoms with Crippen LogP contribution >= 0.6 is 0 Å². The van der Waals surface area contributed by atoms with Crippen molar-refractivity contribution in [3.63, 3.8) is 0 Å². The number of nitrogens with one attached hydrogen (secondary N) is 1. The minimum absolute atomic E-state index is 0.0325. The lowest BCUT2D eigenvalue weighted by atomic mass is 9.96. The maximum absolute atomic E-state index is 12.7. The van der Waals surface area contributed by atoms with Crippen molar-refractivity contribution in [3.8, 4) is 0 Å². The van der Waals surface area contributed by atoms with Crippen LogP contribution in [0.4, 0.5) is 0 Å². The Morgan fingerprint density at radius 2 is 1.78 bits per heavy atom. The maximum Gasteiger partial charge on any atom is 0.289 e. The van der Waals surface area contributed by atoms with Gasteiger partial charge < -0.3 is 14.6 Å². The fourth-order valence-corrected chi connectivity index (χ4v) is 4.39. The Hall–Kier alpha value is -2.30. The molecular formula is C22H28N2O3. The van der Waals surface area contributed by atoms with Gasteiger partial charge in [-0.1, -0.05) is 31.0 Å². The van der Waals surface area contributed by atoms with Crippen LogP contribution in [0.25, 0.3) is 11.0 Å². The Labute approximate surface area is 160 Å². The normalized spacial score (nSPS) is 18.9. The van der Waals surface area contributed by atoms with Crippen LogP contribution in [0.5, 0.6) is 0 Å². The molecule has 2 heterocycles. The van der Waals surface area contributed by atoms with Crippen LogP contribution in [-0.2, 0) is 4.79 Å². The predicted molar refractivity (Wildman–Crippen MR) is 104 cm³/mol. The smallest absolute Gasteiger partial charge is 0.289 e. The average molecular weight is 368 g/mol. The molecule has 1 aliphatic carbocycles. The first kappa shape index (κ1) is 18.1. The molecular weight excluding hydrogens is 340 g/mol. The molecule has 0 bridgehead atoms. The first-order chi connectivity index (χ1) is 13.2. The quantitative estimate of drug-likeness (QED) is 0.868. The van der Waals surface area contributed by atoms with Crippen LogP contribution in [0.15, 0.2) is 34.7 Å². The third-order valence-corrected chi connectivity index (χ3v) is 6.07. The van der Waals surface area contributed by atoms with Gasteiger partial charge in [-0.2, -0.15) is 0 Å². The molecule has 4 rings (SSSR count). The second-order valence-electron chi connectivity index (χ2n) is 8.04. The summed E-state index contributed by atoms with van der Waals surface area (Å²) in [5.74, 6) is 1.63. The molecule has 2 aromatic rings. The molecule has 1 saturated heterocycles. The number of carbonyl (C=O) groups excluding carboxylic acids is 2. The molecule has 0 unspecified atom stereocenters. The number of fused-ring (bicyclic) bond motifs is 1. The van der Waals surface area contributed by atoms with Gasteiger partial charge in [0.05, 0.1) is 0 Å². The Balaban J connectivity index is 1.23. The summed E-state index contributed by atoms with van der Waals surface area (Å²) in [5, 5.41) is 4.07. The predicted octanol–water partition coefficient (Wildman–Crippen LogP) is 3.98. The van der Waals surface area contributed by atoms with Crippen LogP contribution in [0, 0.1) is 11.8 Å². The number of furan rings is 1. The molecule has 2 aliphatic rings. The van der Waals surface area contributed by atoms with Gasteiger partial charge in [-0.05, 0) is 49.7 Å². The second-order valence-corrected chi connectivity index (χ2v) is 8.04. The molecule has 0 spiro atoms. The van der Waals surface area contributed by atoms with Gasteiger partial charge in [0.1, 0.15) is 5.58 Å². The number of likely N-dealkylation sites (tertiary alicyclic amines) is 1. The zero-order valence-electron chi connectivity index (χ0n) is 15.8. The number of carbonyl (C=O) groups is 2. The molecule has 27 heavy (non-hydrogen) atoms. The number of nitrogens with zero attached hydrogens (tertiary/aromatic N) is 1. The number of rotatable bonds is 5. The molecule has 0 atom stereocenters. The molecule has 2 amide bonds. The Morgan fingerprint density at radius 1 is 1.04 bits per heavy atom. The van der Waals surface area contributed by atoms with Gasteiger partial charge in [0.2, 0.25) is 5.91 Å². The van der Waals surface area contributed by atoms with Crippen molar-refractivity contribution in [2.45, 2.75) is 44.9 Å². The van der Waals surface area contributed by atoms with Crippen LogP contribution in [0.1, 0.15) is 55.5 Å². The van der Waals surface area contributed by atoms with Gasteiger partial charge in [-0.25, -0.2) is 0 Å². The highest BCUT2D eigenvalue weighted by Gasteiger charge is 2.26. The number of hydrogen-bond donors (Lipinski definition) is 1. The Morgan fingerprint density at radius 3 is 2.52 bits per heavy atom. The molecule has 1 aromatic heterocycles. The van der Waals surface area contributed by atoms with Gasteiger partial charge in [-0.3, -0.25) is 9.59 Å². The van der Waals surface area contributed by atoms with E-state index in [9.17, 15) is 9.59 Å². The van der Waals surface area contributed by atoms with Crippen LogP contribution in [0.2, 0.25) is 0 Å². The molecule has 2 fully saturated rings. The van der Waals surface area contributed by atoms with Gasteiger partial charge in [0, 0.05) is 31.4 Å². The monoisotopic (exact) mass is 368 g/mol. The van der Waals surface area contributed by atoms with E-state index >= 15 is 0 Å². The Kier molecular flexibility index (Phi) is 5.46. The van der Waals surface area contributed by atoms with Crippen molar-refractivity contribution in [1.82, 2.24) is 10.2 Å². The second kappa shape index (κ2) is 8.15. The van der Waals surface area contributed by atoms with Crippen molar-refractivity contribution >= 4 is 22.8 Å². The van der Waals surface area contributed by atoms with Crippen LogP contribution in [0.3, 0.4) is 0 Å². The zero-order chi connectivity index (χ0) is 18.6. The molecule has 1 aliphatic heterocycles. The summed E-state index contributed by atoms with van der Waals surface area (Å²) in [7, 11) is 0. The molecule has 5 nitrogen and oxygen atoms in total. The first-order valence-corrected chi connectivity index (χ1v) is 10.2. The van der Waals surface area contributed by atoms with Crippen molar-refractivity contribution in [2.24, 2.45) is 11.8 Å². The highest BCUT2D eigenvalue weighted by atomic mass is 16.3. The minimum Gasteiger partial charge on any atom is -0.451 e. The summed E-state index contributed by atoms with van der Waals surface area (Å²) in [6, 6.07) is 9.51. The van der Waals surface area contributed by atoms with Crippen LogP contribution < -0.4 is 5.32 Å². The number of piperidine rings is 1. The Bertz CT molecular complexity index is 766. The topological polar surface area (TPSA) is 62.6 Å². The maximum atomic E-state index is 12.7. The zero-order valence-corrected chi connectivity index (χ0v) is 15.8. The van der Waals surface area contributed by atoms with E-state index in [1.54, 1.807) is 0 Å². The third-order valence-electron chi connectivity index (χ3n) is 6.07. The van der Waals surface area contributed by atoms with E-state index in [0.717, 1.165) is 43.4 Å². The fraction of sp³-hybridized carbons (Fsp3) is 0.545. The van der Waals surface area contributed by atoms with E-state index in [1.807, 2.05) is 35.2 Å². The molecule has 1 aromatic carbocycles. The van der Waals surface area contributed by atoms with E-state index in [-0.39, 0.29) is 11.8 Å². The lowest BCUT2D eigenvalue weighted by Gasteiger charge is -2.31. The molecule has 1 saturated carbocycles. The molecule has 0 radical (unpaired) electrons. The SMILES string of the molecule is O=C(CC1CCCC1)NCC1CCN(C(=O)c2cc3ccccc3o2)CC1. The lowest BCUT2D eigenvalue weighted by Crippen LogP contribution is -2.41. The summed E-state index contributed by atoms with van der Waals surface area (Å²) >= 11 is 0. The van der Waals surface area contributed by atoms with Crippen molar-refractivity contribution in [2.75, 3.05) is 19.6 Å². The lowest BCUT2D eigenvalue weighted by molar-refractivity contribution is -0.122. The minimum atomic E-state index is -0.0325. The van der Waals surface area contributed by atoms with Crippen LogP contribution in [-0.4, -0.2) is 36.3 Å². The summed E-state index contributed by atoms with van der Waals surface area (Å²) in [5.41, 5.74) is 0.751. The highest BCUT2D eigenvalue weighted by molar-refractivity contribution is 5.96. The van der Waals surface area contributed by atoms with Gasteiger partial charge in [-0.15, -0.1) is 0 Å². The van der Waals surface area contributed by atoms with Crippen molar-refractivity contribution < 1.29 is 14.0 Å². The first-order valence-electron chi connectivity index (χ1n) is 10.2. The average Bonchev–Trinajstić information content (AvgIpc) is 3.35. The van der Waals surface area contributed by atoms with E-state index in [0.29, 0.717) is 24.0 Å². The number of benzene rings is 1. The summed E-state index contributed by atoms with van der Waals surface area (Å²) in [6.07, 6.45) is 7.49. The number of para-hydroxylation sites is 1. The third kappa shape index (κ3) is 4.34. The van der Waals surface area contributed by atoms with Gasteiger partial charge in [0.15, 0.2) is 5.76 Å². The van der Waals surface area contributed by atoms with Gasteiger partial charge in [0.25, 0.3) is 5.91 Å². The van der Waals surface area contributed by atoms with E-state index in [1.165, 1.54) is 25.7 Å².